The molecule has 0 aliphatic carbocycles. The minimum atomic E-state index is -1.32. The van der Waals surface area contributed by atoms with Crippen molar-refractivity contribution in [3.8, 4) is 0 Å². The Labute approximate surface area is 172 Å². The molecular weight excluding hydrogens is 390 g/mol. The second-order valence-electron chi connectivity index (χ2n) is 6.56. The lowest BCUT2D eigenvalue weighted by Crippen LogP contribution is -2.53. The maximum absolute atomic E-state index is 12.7. The van der Waals surface area contributed by atoms with Crippen molar-refractivity contribution in [2.45, 2.75) is 36.7 Å². The molecule has 0 saturated carbocycles. The summed E-state index contributed by atoms with van der Waals surface area (Å²) in [5.41, 5.74) is 6.29. The minimum Gasteiger partial charge on any atom is -0.368 e. The molecular formula is C21H25N3O4S. The van der Waals surface area contributed by atoms with E-state index in [4.69, 9.17) is 5.73 Å². The van der Waals surface area contributed by atoms with Gasteiger partial charge in [0.2, 0.25) is 17.7 Å². The summed E-state index contributed by atoms with van der Waals surface area (Å²) >= 11 is 0. The number of nitrogens with two attached hydrogens (primary N) is 1. The highest BCUT2D eigenvalue weighted by atomic mass is 32.2. The molecule has 8 heteroatoms. The lowest BCUT2D eigenvalue weighted by molar-refractivity contribution is -0.130. The molecule has 0 fully saturated rings. The molecule has 2 aromatic carbocycles. The van der Waals surface area contributed by atoms with Crippen LogP contribution in [0.25, 0.3) is 0 Å². The Morgan fingerprint density at radius 1 is 0.931 bits per heavy atom. The lowest BCUT2D eigenvalue weighted by Gasteiger charge is -2.21. The first-order valence-corrected chi connectivity index (χ1v) is 10.5. The van der Waals surface area contributed by atoms with Crippen molar-refractivity contribution in [3.63, 3.8) is 0 Å². The zero-order valence-corrected chi connectivity index (χ0v) is 17.0. The zero-order chi connectivity index (χ0) is 21.2. The molecule has 0 aliphatic heterocycles. The minimum absolute atomic E-state index is 0.126. The average molecular weight is 416 g/mol. The normalized spacial score (nSPS) is 13.7. The molecule has 2 aromatic rings. The molecule has 2 rings (SSSR count). The van der Waals surface area contributed by atoms with Crippen LogP contribution in [0, 0.1) is 0 Å². The first-order valence-electron chi connectivity index (χ1n) is 9.21. The lowest BCUT2D eigenvalue weighted by atomic mass is 10.0. The number of benzene rings is 2. The molecule has 0 unspecified atom stereocenters. The predicted molar refractivity (Wildman–Crippen MR) is 111 cm³/mol. The topological polar surface area (TPSA) is 118 Å². The van der Waals surface area contributed by atoms with Crippen LogP contribution in [-0.4, -0.2) is 39.8 Å². The summed E-state index contributed by atoms with van der Waals surface area (Å²) in [5, 5.41) is 5.19. The Bertz CT molecular complexity index is 859. The van der Waals surface area contributed by atoms with Crippen LogP contribution in [0.3, 0.4) is 0 Å². The largest absolute Gasteiger partial charge is 0.368 e. The summed E-state index contributed by atoms with van der Waals surface area (Å²) in [6.07, 6.45) is 0.397. The van der Waals surface area contributed by atoms with Gasteiger partial charge in [0.1, 0.15) is 12.1 Å². The molecule has 4 N–H and O–H groups in total. The van der Waals surface area contributed by atoms with Gasteiger partial charge in [-0.2, -0.15) is 0 Å². The van der Waals surface area contributed by atoms with Crippen molar-refractivity contribution < 1.29 is 18.6 Å². The van der Waals surface area contributed by atoms with E-state index < -0.39 is 34.7 Å². The van der Waals surface area contributed by atoms with E-state index in [9.17, 15) is 18.6 Å². The standard InChI is InChI=1S/C21H25N3O4S/c1-15(25)23-19(14-16-8-4-2-5-9-16)21(27)24-18(20(22)26)12-13-29(28)17-10-6-3-7-11-17/h2-11,18-19H,12-14H2,1H3,(H2,22,26)(H,23,25)(H,24,27)/t18-,19+,29+/m1/s1. The van der Waals surface area contributed by atoms with Crippen molar-refractivity contribution >= 4 is 28.5 Å². The maximum Gasteiger partial charge on any atom is 0.243 e. The van der Waals surface area contributed by atoms with Crippen LogP contribution in [-0.2, 0) is 31.6 Å². The van der Waals surface area contributed by atoms with E-state index in [1.165, 1.54) is 6.92 Å². The molecule has 0 radical (unpaired) electrons. The zero-order valence-electron chi connectivity index (χ0n) is 16.2. The molecule has 0 aromatic heterocycles. The van der Waals surface area contributed by atoms with Crippen LogP contribution in [0.5, 0.6) is 0 Å². The molecule has 0 bridgehead atoms. The van der Waals surface area contributed by atoms with E-state index in [-0.39, 0.29) is 24.5 Å². The number of rotatable bonds is 10. The van der Waals surface area contributed by atoms with Gasteiger partial charge in [0.25, 0.3) is 0 Å². The van der Waals surface area contributed by atoms with E-state index in [1.54, 1.807) is 24.3 Å². The maximum atomic E-state index is 12.7. The second kappa shape index (κ2) is 11.1. The summed E-state index contributed by atoms with van der Waals surface area (Å²) in [7, 11) is -1.32. The van der Waals surface area contributed by atoms with E-state index in [0.29, 0.717) is 4.90 Å². The van der Waals surface area contributed by atoms with Crippen LogP contribution < -0.4 is 16.4 Å². The Balaban J connectivity index is 2.02. The fourth-order valence-electron chi connectivity index (χ4n) is 2.78. The van der Waals surface area contributed by atoms with Gasteiger partial charge in [0, 0.05) is 24.0 Å². The monoisotopic (exact) mass is 415 g/mol. The van der Waals surface area contributed by atoms with E-state index in [1.807, 2.05) is 36.4 Å². The van der Waals surface area contributed by atoms with Crippen molar-refractivity contribution in [1.29, 1.82) is 0 Å². The number of amides is 3. The van der Waals surface area contributed by atoms with Gasteiger partial charge < -0.3 is 16.4 Å². The molecule has 0 saturated heterocycles. The van der Waals surface area contributed by atoms with Gasteiger partial charge >= 0.3 is 0 Å². The third kappa shape index (κ3) is 7.50. The molecule has 7 nitrogen and oxygen atoms in total. The molecule has 0 aliphatic rings. The molecule has 154 valence electrons. The van der Waals surface area contributed by atoms with E-state index in [2.05, 4.69) is 10.6 Å². The third-order valence-corrected chi connectivity index (χ3v) is 5.64. The fraction of sp³-hybridized carbons (Fsp3) is 0.286. The first-order chi connectivity index (χ1) is 13.9. The van der Waals surface area contributed by atoms with E-state index in [0.717, 1.165) is 5.56 Å². The predicted octanol–water partition coefficient (Wildman–Crippen LogP) is 0.902. The van der Waals surface area contributed by atoms with Crippen molar-refractivity contribution in [1.82, 2.24) is 10.6 Å². The molecule has 0 spiro atoms. The van der Waals surface area contributed by atoms with Gasteiger partial charge in [-0.05, 0) is 24.1 Å². The van der Waals surface area contributed by atoms with Crippen LogP contribution in [0.4, 0.5) is 0 Å². The SMILES string of the molecule is CC(=O)N[C@@H](Cc1ccccc1)C(=O)N[C@H](CC[S@](=O)c1ccccc1)C(N)=O. The average Bonchev–Trinajstić information content (AvgIpc) is 2.71. The smallest absolute Gasteiger partial charge is 0.243 e. The summed E-state index contributed by atoms with van der Waals surface area (Å²) in [5.74, 6) is -1.42. The summed E-state index contributed by atoms with van der Waals surface area (Å²) in [4.78, 5) is 36.7. The Kier molecular flexibility index (Phi) is 8.54. The number of primary amides is 1. The summed E-state index contributed by atoms with van der Waals surface area (Å²) in [6.45, 7) is 1.32. The van der Waals surface area contributed by atoms with Crippen molar-refractivity contribution in [3.05, 3.63) is 66.2 Å². The van der Waals surface area contributed by atoms with Crippen molar-refractivity contribution in [2.24, 2.45) is 5.73 Å². The molecule has 3 atom stereocenters. The number of carbonyl (C=O) groups excluding carboxylic acids is 3. The van der Waals surface area contributed by atoms with Gasteiger partial charge in [-0.15, -0.1) is 0 Å². The molecule has 29 heavy (non-hydrogen) atoms. The summed E-state index contributed by atoms with van der Waals surface area (Å²) in [6, 6.07) is 16.2. The quantitative estimate of drug-likeness (QED) is 0.534. The van der Waals surface area contributed by atoms with Gasteiger partial charge in [-0.25, -0.2) is 0 Å². The van der Waals surface area contributed by atoms with Gasteiger partial charge in [0.15, 0.2) is 0 Å². The van der Waals surface area contributed by atoms with Crippen LogP contribution in [0.1, 0.15) is 18.9 Å². The van der Waals surface area contributed by atoms with Crippen molar-refractivity contribution in [2.75, 3.05) is 5.75 Å². The Hall–Kier alpha value is -3.00. The van der Waals surface area contributed by atoms with Gasteiger partial charge in [-0.3, -0.25) is 18.6 Å². The highest BCUT2D eigenvalue weighted by molar-refractivity contribution is 7.85. The first kappa shape index (κ1) is 22.3. The Morgan fingerprint density at radius 2 is 1.52 bits per heavy atom. The van der Waals surface area contributed by atoms with Crippen LogP contribution in [0.15, 0.2) is 65.6 Å². The highest BCUT2D eigenvalue weighted by Crippen LogP contribution is 2.09. The summed E-state index contributed by atoms with van der Waals surface area (Å²) < 4.78 is 12.4. The highest BCUT2D eigenvalue weighted by Gasteiger charge is 2.25. The van der Waals surface area contributed by atoms with E-state index >= 15 is 0 Å². The Morgan fingerprint density at radius 3 is 2.07 bits per heavy atom. The van der Waals surface area contributed by atoms with Gasteiger partial charge in [0.05, 0.1) is 10.8 Å². The molecule has 3 amide bonds. The molecule has 0 heterocycles. The second-order valence-corrected chi connectivity index (χ2v) is 8.13. The third-order valence-electron chi connectivity index (χ3n) is 4.23. The van der Waals surface area contributed by atoms with Crippen LogP contribution in [0.2, 0.25) is 0 Å². The number of hydrogen-bond acceptors (Lipinski definition) is 4. The fourth-order valence-corrected chi connectivity index (χ4v) is 3.92. The number of nitrogens with one attached hydrogen (secondary N) is 2. The van der Waals surface area contributed by atoms with Crippen LogP contribution >= 0.6 is 0 Å². The van der Waals surface area contributed by atoms with Gasteiger partial charge in [-0.1, -0.05) is 48.5 Å². The number of carbonyl (C=O) groups is 3. The number of hydrogen-bond donors (Lipinski definition) is 3.